The van der Waals surface area contributed by atoms with Gasteiger partial charge in [0, 0.05) is 26.0 Å². The van der Waals surface area contributed by atoms with Gasteiger partial charge in [0.15, 0.2) is 15.9 Å². The Kier molecular flexibility index (Phi) is 2.66. The summed E-state index contributed by atoms with van der Waals surface area (Å²) in [4.78, 5) is 20.0. The van der Waals surface area contributed by atoms with Crippen LogP contribution in [0.15, 0.2) is 29.8 Å². The third-order valence-electron chi connectivity index (χ3n) is 2.27. The lowest BCUT2D eigenvalue weighted by molar-refractivity contribution is 0.703. The van der Waals surface area contributed by atoms with Crippen molar-refractivity contribution in [2.75, 3.05) is 0 Å². The van der Waals surface area contributed by atoms with Crippen LogP contribution in [0.25, 0.3) is 11.2 Å². The molecule has 2 aromatic rings. The Balaban J connectivity index is 3.03. The Morgan fingerprint density at radius 2 is 2.19 bits per heavy atom. The normalized spacial score (nSPS) is 10.6. The molecule has 2 aromatic heterocycles. The first kappa shape index (κ1) is 10.7. The molecule has 2 heterocycles. The summed E-state index contributed by atoms with van der Waals surface area (Å²) in [5, 5.41) is 0. The van der Waals surface area contributed by atoms with Crippen molar-refractivity contribution in [1.82, 2.24) is 19.1 Å². The molecule has 0 amide bonds. The average Bonchev–Trinajstić information content (AvgIpc) is 2.32. The quantitative estimate of drug-likeness (QED) is 0.575. The Morgan fingerprint density at radius 3 is 2.88 bits per heavy atom. The van der Waals surface area contributed by atoms with E-state index in [0.29, 0.717) is 22.5 Å². The molecule has 0 aromatic carbocycles. The molecule has 16 heavy (non-hydrogen) atoms. The van der Waals surface area contributed by atoms with E-state index in [1.54, 1.807) is 17.7 Å². The zero-order valence-corrected chi connectivity index (χ0v) is 9.57. The standard InChI is InChI=1S/C10H10N4OS/c1-3-6-14-8-7(11-4-5-12-8)9(15)13(2)10(14)16/h3-5H,1,6H2,2H3. The largest absolute Gasteiger partial charge is 0.297 e. The van der Waals surface area contributed by atoms with Crippen molar-refractivity contribution in [2.45, 2.75) is 6.54 Å². The van der Waals surface area contributed by atoms with E-state index in [9.17, 15) is 4.79 Å². The number of allylic oxidation sites excluding steroid dienone is 1. The summed E-state index contributed by atoms with van der Waals surface area (Å²) in [6.07, 6.45) is 4.73. The molecular weight excluding hydrogens is 224 g/mol. The maximum Gasteiger partial charge on any atom is 0.282 e. The van der Waals surface area contributed by atoms with Crippen molar-refractivity contribution >= 4 is 23.4 Å². The molecule has 0 aliphatic heterocycles. The highest BCUT2D eigenvalue weighted by molar-refractivity contribution is 7.71. The van der Waals surface area contributed by atoms with Gasteiger partial charge in [-0.25, -0.2) is 9.97 Å². The van der Waals surface area contributed by atoms with Crippen molar-refractivity contribution in [3.63, 3.8) is 0 Å². The van der Waals surface area contributed by atoms with Gasteiger partial charge in [0.25, 0.3) is 5.56 Å². The van der Waals surface area contributed by atoms with Gasteiger partial charge in [0.2, 0.25) is 0 Å². The van der Waals surface area contributed by atoms with Gasteiger partial charge in [-0.3, -0.25) is 13.9 Å². The molecule has 0 saturated carbocycles. The smallest absolute Gasteiger partial charge is 0.282 e. The number of aromatic nitrogens is 4. The molecule has 0 spiro atoms. The number of hydrogen-bond acceptors (Lipinski definition) is 4. The predicted octanol–water partition coefficient (Wildman–Crippen LogP) is 1.05. The monoisotopic (exact) mass is 234 g/mol. The van der Waals surface area contributed by atoms with Gasteiger partial charge in [-0.15, -0.1) is 6.58 Å². The molecule has 6 heteroatoms. The maximum absolute atomic E-state index is 11.9. The minimum absolute atomic E-state index is 0.228. The van der Waals surface area contributed by atoms with Crippen LogP contribution in [-0.2, 0) is 13.6 Å². The van der Waals surface area contributed by atoms with Crippen LogP contribution in [0.5, 0.6) is 0 Å². The second kappa shape index (κ2) is 3.97. The summed E-state index contributed by atoms with van der Waals surface area (Å²) >= 11 is 5.18. The van der Waals surface area contributed by atoms with Crippen molar-refractivity contribution in [3.8, 4) is 0 Å². The molecule has 2 rings (SSSR count). The van der Waals surface area contributed by atoms with Gasteiger partial charge < -0.3 is 0 Å². The van der Waals surface area contributed by atoms with E-state index in [0.717, 1.165) is 0 Å². The number of hydrogen-bond donors (Lipinski definition) is 0. The lowest BCUT2D eigenvalue weighted by atomic mass is 10.4. The number of fused-ring (bicyclic) bond motifs is 1. The second-order valence-corrected chi connectivity index (χ2v) is 3.64. The van der Waals surface area contributed by atoms with Gasteiger partial charge in [-0.2, -0.15) is 0 Å². The lowest BCUT2D eigenvalue weighted by Crippen LogP contribution is -2.24. The highest BCUT2D eigenvalue weighted by atomic mass is 32.1. The molecule has 5 nitrogen and oxygen atoms in total. The van der Waals surface area contributed by atoms with Gasteiger partial charge in [0.05, 0.1) is 0 Å². The van der Waals surface area contributed by atoms with E-state index in [-0.39, 0.29) is 5.56 Å². The maximum atomic E-state index is 11.9. The van der Waals surface area contributed by atoms with Gasteiger partial charge in [-0.1, -0.05) is 6.08 Å². The van der Waals surface area contributed by atoms with Crippen LogP contribution in [0, 0.1) is 4.77 Å². The highest BCUT2D eigenvalue weighted by Crippen LogP contribution is 2.04. The van der Waals surface area contributed by atoms with E-state index >= 15 is 0 Å². The third-order valence-corrected chi connectivity index (χ3v) is 2.77. The van der Waals surface area contributed by atoms with E-state index < -0.39 is 0 Å². The summed E-state index contributed by atoms with van der Waals surface area (Å²) < 4.78 is 3.53. The predicted molar refractivity (Wildman–Crippen MR) is 63.8 cm³/mol. The van der Waals surface area contributed by atoms with Crippen LogP contribution in [-0.4, -0.2) is 19.1 Å². The van der Waals surface area contributed by atoms with Crippen LogP contribution in [0.3, 0.4) is 0 Å². The molecule has 0 aliphatic carbocycles. The molecule has 0 bridgehead atoms. The fraction of sp³-hybridized carbons (Fsp3) is 0.200. The molecule has 0 N–H and O–H groups in total. The SMILES string of the molecule is C=CCn1c(=S)n(C)c(=O)c2nccnc21. The van der Waals surface area contributed by atoms with Crippen molar-refractivity contribution in [1.29, 1.82) is 0 Å². The molecular formula is C10H10N4OS. The zero-order valence-electron chi connectivity index (χ0n) is 8.75. The van der Waals surface area contributed by atoms with Crippen LogP contribution in [0.1, 0.15) is 0 Å². The second-order valence-electron chi connectivity index (χ2n) is 3.27. The Morgan fingerprint density at radius 1 is 1.50 bits per heavy atom. The summed E-state index contributed by atoms with van der Waals surface area (Å²) in [6, 6.07) is 0. The summed E-state index contributed by atoms with van der Waals surface area (Å²) in [5.74, 6) is 0. The third kappa shape index (κ3) is 1.47. The minimum atomic E-state index is -0.228. The molecule has 0 atom stereocenters. The van der Waals surface area contributed by atoms with E-state index in [1.165, 1.54) is 17.0 Å². The Hall–Kier alpha value is -1.82. The molecule has 0 radical (unpaired) electrons. The summed E-state index contributed by atoms with van der Waals surface area (Å²) in [7, 11) is 1.62. The van der Waals surface area contributed by atoms with E-state index in [1.807, 2.05) is 0 Å². The molecule has 0 aliphatic rings. The zero-order chi connectivity index (χ0) is 11.7. The Labute approximate surface area is 96.7 Å². The van der Waals surface area contributed by atoms with E-state index in [4.69, 9.17) is 12.2 Å². The molecule has 82 valence electrons. The summed E-state index contributed by atoms with van der Waals surface area (Å²) in [6.45, 7) is 4.16. The highest BCUT2D eigenvalue weighted by Gasteiger charge is 2.08. The van der Waals surface area contributed by atoms with Gasteiger partial charge in [0.1, 0.15) is 0 Å². The van der Waals surface area contributed by atoms with Gasteiger partial charge in [-0.05, 0) is 12.2 Å². The lowest BCUT2D eigenvalue weighted by Gasteiger charge is -2.09. The fourth-order valence-electron chi connectivity index (χ4n) is 1.49. The van der Waals surface area contributed by atoms with E-state index in [2.05, 4.69) is 16.5 Å². The van der Waals surface area contributed by atoms with Gasteiger partial charge >= 0.3 is 0 Å². The van der Waals surface area contributed by atoms with Crippen LogP contribution in [0.4, 0.5) is 0 Å². The molecule has 0 saturated heterocycles. The van der Waals surface area contributed by atoms with Crippen LogP contribution < -0.4 is 5.56 Å². The first-order valence-corrected chi connectivity index (χ1v) is 5.09. The average molecular weight is 234 g/mol. The Bertz CT molecular complexity index is 671. The first-order chi connectivity index (χ1) is 7.66. The van der Waals surface area contributed by atoms with Crippen LogP contribution >= 0.6 is 12.2 Å². The fourth-order valence-corrected chi connectivity index (χ4v) is 1.73. The number of rotatable bonds is 2. The molecule has 0 unspecified atom stereocenters. The minimum Gasteiger partial charge on any atom is -0.297 e. The molecule has 0 fully saturated rings. The first-order valence-electron chi connectivity index (χ1n) is 4.68. The van der Waals surface area contributed by atoms with Crippen LogP contribution in [0.2, 0.25) is 0 Å². The van der Waals surface area contributed by atoms with Crippen molar-refractivity contribution < 1.29 is 0 Å². The van der Waals surface area contributed by atoms with Crippen molar-refractivity contribution in [3.05, 3.63) is 40.2 Å². The summed E-state index contributed by atoms with van der Waals surface area (Å²) in [5.41, 5.74) is 0.587. The van der Waals surface area contributed by atoms with Crippen molar-refractivity contribution in [2.24, 2.45) is 7.05 Å². The topological polar surface area (TPSA) is 52.7 Å². The number of nitrogens with zero attached hydrogens (tertiary/aromatic N) is 4.